The van der Waals surface area contributed by atoms with E-state index in [0.29, 0.717) is 24.9 Å². The maximum Gasteiger partial charge on any atom is 0.331 e. The molecule has 6 rings (SSSR count). The molecule has 4 fully saturated rings. The first-order valence-corrected chi connectivity index (χ1v) is 13.5. The average Bonchev–Trinajstić information content (AvgIpc) is 3.48. The lowest BCUT2D eigenvalue weighted by molar-refractivity contribution is -0.165. The van der Waals surface area contributed by atoms with E-state index in [2.05, 4.69) is 24.2 Å². The van der Waals surface area contributed by atoms with Crippen molar-refractivity contribution in [1.82, 2.24) is 0 Å². The van der Waals surface area contributed by atoms with Gasteiger partial charge in [-0.3, -0.25) is 4.79 Å². The molecular formula is C30H37NO6. The summed E-state index contributed by atoms with van der Waals surface area (Å²) in [5, 5.41) is 3.77. The van der Waals surface area contributed by atoms with Gasteiger partial charge in [-0.15, -0.1) is 0 Å². The van der Waals surface area contributed by atoms with Crippen molar-refractivity contribution in [2.75, 3.05) is 20.8 Å². The maximum absolute atomic E-state index is 12.4. The minimum atomic E-state index is -0.444. The molecule has 37 heavy (non-hydrogen) atoms. The van der Waals surface area contributed by atoms with Gasteiger partial charge < -0.3 is 19.0 Å². The van der Waals surface area contributed by atoms with Gasteiger partial charge in [0.05, 0.1) is 18.4 Å². The van der Waals surface area contributed by atoms with Crippen LogP contribution in [0.15, 0.2) is 41.1 Å². The van der Waals surface area contributed by atoms with Crippen LogP contribution in [0.1, 0.15) is 75.8 Å². The van der Waals surface area contributed by atoms with E-state index in [1.54, 1.807) is 13.3 Å². The molecule has 7 nitrogen and oxygen atoms in total. The van der Waals surface area contributed by atoms with Gasteiger partial charge in [0.2, 0.25) is 0 Å². The summed E-state index contributed by atoms with van der Waals surface area (Å²) in [6.07, 6.45) is 9.80. The second-order valence-corrected chi connectivity index (χ2v) is 11.9. The quantitative estimate of drug-likeness (QED) is 0.240. The number of hydrogen-bond donors (Lipinski definition) is 0. The Kier molecular flexibility index (Phi) is 5.79. The fourth-order valence-corrected chi connectivity index (χ4v) is 9.05. The van der Waals surface area contributed by atoms with Crippen molar-refractivity contribution in [3.05, 3.63) is 47.0 Å². The minimum absolute atomic E-state index is 0.0629. The number of fused-ring (bicyclic) bond motifs is 2. The molecule has 0 N–H and O–H groups in total. The molecule has 1 heterocycles. The van der Waals surface area contributed by atoms with Gasteiger partial charge in [-0.05, 0) is 73.1 Å². The van der Waals surface area contributed by atoms with Gasteiger partial charge in [0.15, 0.2) is 5.78 Å². The Hall–Kier alpha value is -2.35. The highest BCUT2D eigenvalue weighted by Crippen LogP contribution is 2.79. The number of rotatable bonds is 6. The van der Waals surface area contributed by atoms with Gasteiger partial charge in [-0.2, -0.15) is 0 Å². The van der Waals surface area contributed by atoms with Crippen molar-refractivity contribution in [3.63, 3.8) is 0 Å². The zero-order chi connectivity index (χ0) is 26.1. The topological polar surface area (TPSA) is 86.7 Å². The molecule has 0 amide bonds. The molecule has 198 valence electrons. The van der Waals surface area contributed by atoms with Crippen molar-refractivity contribution in [3.8, 4) is 0 Å². The van der Waals surface area contributed by atoms with Crippen LogP contribution in [0, 0.1) is 17.3 Å². The fourth-order valence-electron chi connectivity index (χ4n) is 9.05. The normalized spacial score (nSPS) is 41.9. The highest BCUT2D eigenvalue weighted by molar-refractivity contribution is 5.92. The van der Waals surface area contributed by atoms with Crippen molar-refractivity contribution >= 4 is 18.0 Å². The second kappa shape index (κ2) is 8.58. The maximum atomic E-state index is 12.4. The molecule has 3 saturated carbocycles. The molecule has 7 atom stereocenters. The first kappa shape index (κ1) is 25.0. The molecule has 2 spiro atoms. The van der Waals surface area contributed by atoms with Crippen LogP contribution in [0.5, 0.6) is 0 Å². The van der Waals surface area contributed by atoms with E-state index in [0.717, 1.165) is 44.1 Å². The number of methoxy groups -OCH3 is 2. The summed E-state index contributed by atoms with van der Waals surface area (Å²) in [6.45, 7) is 4.33. The largest absolute Gasteiger partial charge is 0.382 e. The second-order valence-electron chi connectivity index (χ2n) is 11.9. The first-order chi connectivity index (χ1) is 17.7. The van der Waals surface area contributed by atoms with Crippen molar-refractivity contribution in [1.29, 1.82) is 0 Å². The number of ketones is 1. The summed E-state index contributed by atoms with van der Waals surface area (Å²) in [5.41, 5.74) is 2.32. The Labute approximate surface area is 218 Å². The predicted molar refractivity (Wildman–Crippen MR) is 137 cm³/mol. The van der Waals surface area contributed by atoms with E-state index in [-0.39, 0.29) is 33.9 Å². The van der Waals surface area contributed by atoms with Crippen LogP contribution in [0.2, 0.25) is 0 Å². The monoisotopic (exact) mass is 507 g/mol. The summed E-state index contributed by atoms with van der Waals surface area (Å²) in [5.74, 6) is 0.839. The minimum Gasteiger partial charge on any atom is -0.382 e. The van der Waals surface area contributed by atoms with Gasteiger partial charge in [0.1, 0.15) is 11.2 Å². The number of carbonyl (C=O) groups excluding carboxylic acids is 2. The van der Waals surface area contributed by atoms with E-state index in [9.17, 15) is 9.59 Å². The van der Waals surface area contributed by atoms with Gasteiger partial charge in [0.25, 0.3) is 0 Å². The number of ether oxygens (including phenoxy) is 3. The lowest BCUT2D eigenvalue weighted by Crippen LogP contribution is -2.60. The number of oxime groups is 1. The standard InChI is InChI=1S/C30H37NO6/c1-19(32)36-31-17-20-5-7-21(8-6-20)26-16-27(2)24(12-13-28(27,35-4)18-34-3)25-10-9-22-15-23(33)11-14-29(22)30(25,26)37-29/h5-8,15,17,24-26H,9-14,16,18H2,1-4H3/b31-17+/t24-,25-,26+,27-,28+,29-,30-/m0/s1. The molecule has 5 aliphatic rings. The van der Waals surface area contributed by atoms with Crippen LogP contribution >= 0.6 is 0 Å². The van der Waals surface area contributed by atoms with Gasteiger partial charge in [0, 0.05) is 38.9 Å². The SMILES string of the molecule is COC[C@]1(OC)CC[C@H]2[C@@H]3CCC4=CC(=O)CC[C@]45O[C@]35[C@@H](c3ccc(/C=N/OC(C)=O)cc3)C[C@@]21C. The zero-order valence-corrected chi connectivity index (χ0v) is 22.2. The van der Waals surface area contributed by atoms with Crippen LogP contribution in [0.4, 0.5) is 0 Å². The lowest BCUT2D eigenvalue weighted by Gasteiger charge is -2.57. The third-order valence-corrected chi connectivity index (χ3v) is 10.6. The summed E-state index contributed by atoms with van der Waals surface area (Å²) < 4.78 is 19.1. The molecule has 0 bridgehead atoms. The van der Waals surface area contributed by atoms with E-state index in [4.69, 9.17) is 19.0 Å². The van der Waals surface area contributed by atoms with Crippen LogP contribution in [0.3, 0.4) is 0 Å². The third kappa shape index (κ3) is 3.33. The van der Waals surface area contributed by atoms with Crippen molar-refractivity contribution in [2.45, 2.75) is 81.5 Å². The molecule has 1 saturated heterocycles. The zero-order valence-electron chi connectivity index (χ0n) is 22.2. The molecule has 0 radical (unpaired) electrons. The highest BCUT2D eigenvalue weighted by Gasteiger charge is 2.84. The summed E-state index contributed by atoms with van der Waals surface area (Å²) in [4.78, 5) is 28.2. The lowest BCUT2D eigenvalue weighted by atomic mass is 9.46. The van der Waals surface area contributed by atoms with E-state index in [1.165, 1.54) is 18.1 Å². The Balaban J connectivity index is 1.43. The molecule has 4 aliphatic carbocycles. The number of carbonyl (C=O) groups is 2. The van der Waals surface area contributed by atoms with Crippen LogP contribution in [-0.2, 0) is 28.6 Å². The Morgan fingerprint density at radius 1 is 1.14 bits per heavy atom. The van der Waals surface area contributed by atoms with Crippen LogP contribution in [0.25, 0.3) is 0 Å². The Bertz CT molecular complexity index is 1180. The molecule has 7 heteroatoms. The first-order valence-electron chi connectivity index (χ1n) is 13.5. The highest BCUT2D eigenvalue weighted by atomic mass is 16.7. The molecule has 0 aromatic heterocycles. The molecule has 1 aromatic rings. The van der Waals surface area contributed by atoms with E-state index < -0.39 is 5.97 Å². The van der Waals surface area contributed by atoms with E-state index >= 15 is 0 Å². The number of hydrogen-bond acceptors (Lipinski definition) is 7. The van der Waals surface area contributed by atoms with E-state index in [1.807, 2.05) is 25.3 Å². The van der Waals surface area contributed by atoms with Crippen LogP contribution in [-0.4, -0.2) is 55.6 Å². The Morgan fingerprint density at radius 3 is 2.62 bits per heavy atom. The molecular weight excluding hydrogens is 470 g/mol. The van der Waals surface area contributed by atoms with Gasteiger partial charge in [-0.1, -0.05) is 36.3 Å². The van der Waals surface area contributed by atoms with Gasteiger partial charge >= 0.3 is 5.97 Å². The molecule has 0 unspecified atom stereocenters. The predicted octanol–water partition coefficient (Wildman–Crippen LogP) is 4.73. The fraction of sp³-hybridized carbons (Fsp3) is 0.633. The summed E-state index contributed by atoms with van der Waals surface area (Å²) in [7, 11) is 3.61. The number of nitrogens with zero attached hydrogens (tertiary/aromatic N) is 1. The Morgan fingerprint density at radius 2 is 1.92 bits per heavy atom. The summed E-state index contributed by atoms with van der Waals surface area (Å²) in [6, 6.07) is 8.37. The van der Waals surface area contributed by atoms with Crippen molar-refractivity contribution in [2.24, 2.45) is 22.4 Å². The smallest absolute Gasteiger partial charge is 0.331 e. The van der Waals surface area contributed by atoms with Gasteiger partial charge in [-0.25, -0.2) is 4.79 Å². The van der Waals surface area contributed by atoms with Crippen LogP contribution < -0.4 is 0 Å². The van der Waals surface area contributed by atoms with Crippen molar-refractivity contribution < 1.29 is 28.6 Å². The average molecular weight is 508 g/mol. The number of benzene rings is 1. The molecule has 1 aromatic carbocycles. The summed E-state index contributed by atoms with van der Waals surface area (Å²) >= 11 is 0. The number of epoxide rings is 1. The third-order valence-electron chi connectivity index (χ3n) is 10.6. The molecule has 1 aliphatic heterocycles.